The zero-order valence-electron chi connectivity index (χ0n) is 11.7. The summed E-state index contributed by atoms with van der Waals surface area (Å²) in [4.78, 5) is 0. The van der Waals surface area contributed by atoms with Crippen molar-refractivity contribution < 1.29 is 14.9 Å². The van der Waals surface area contributed by atoms with Crippen LogP contribution in [0.15, 0.2) is 24.3 Å². The molecule has 20 heavy (non-hydrogen) atoms. The molecule has 2 aromatic carbocycles. The third-order valence-electron chi connectivity index (χ3n) is 4.08. The summed E-state index contributed by atoms with van der Waals surface area (Å²) >= 11 is 0. The fourth-order valence-corrected chi connectivity index (χ4v) is 3.06. The number of ether oxygens (including phenoxy) is 1. The van der Waals surface area contributed by atoms with Crippen molar-refractivity contribution in [1.29, 1.82) is 0 Å². The summed E-state index contributed by atoms with van der Waals surface area (Å²) in [5.41, 5.74) is 1.74. The van der Waals surface area contributed by atoms with E-state index >= 15 is 0 Å². The second kappa shape index (κ2) is 5.33. The third kappa shape index (κ3) is 2.12. The minimum atomic E-state index is 0.147. The monoisotopic (exact) mass is 272 g/mol. The van der Waals surface area contributed by atoms with Crippen LogP contribution in [-0.4, -0.2) is 22.9 Å². The van der Waals surface area contributed by atoms with Crippen molar-refractivity contribution in [3.05, 3.63) is 35.4 Å². The fourth-order valence-electron chi connectivity index (χ4n) is 3.06. The lowest BCUT2D eigenvalue weighted by Gasteiger charge is -2.27. The lowest BCUT2D eigenvalue weighted by atomic mass is 9.86. The fraction of sp³-hybridized carbons (Fsp3) is 0.412. The Labute approximate surface area is 118 Å². The molecule has 0 bridgehead atoms. The van der Waals surface area contributed by atoms with Crippen LogP contribution in [0, 0.1) is 0 Å². The van der Waals surface area contributed by atoms with Gasteiger partial charge in [0.15, 0.2) is 0 Å². The molecule has 3 heteroatoms. The predicted molar refractivity (Wildman–Crippen MR) is 79.3 cm³/mol. The van der Waals surface area contributed by atoms with E-state index in [1.165, 1.54) is 0 Å². The van der Waals surface area contributed by atoms with Crippen LogP contribution in [0.2, 0.25) is 0 Å². The van der Waals surface area contributed by atoms with Gasteiger partial charge in [-0.05, 0) is 19.3 Å². The van der Waals surface area contributed by atoms with E-state index in [0.717, 1.165) is 47.8 Å². The highest BCUT2D eigenvalue weighted by atomic mass is 16.5. The Morgan fingerprint density at radius 1 is 1.10 bits per heavy atom. The zero-order chi connectivity index (χ0) is 14.1. The van der Waals surface area contributed by atoms with Crippen molar-refractivity contribution in [3.63, 3.8) is 0 Å². The van der Waals surface area contributed by atoms with Crippen LogP contribution in [0.25, 0.3) is 10.8 Å². The molecule has 0 saturated carbocycles. The standard InChI is InChI=1S/C17H20O3/c1-2-9-20-11-7-8-14-15(10-11)17(19)13-6-4-3-5-12(13)16(14)18/h3-6,11,18-19H,2,7-10H2,1H3. The Balaban J connectivity index is 2.05. The number of phenols is 2. The molecule has 0 fully saturated rings. The van der Waals surface area contributed by atoms with Gasteiger partial charge < -0.3 is 14.9 Å². The SMILES string of the molecule is CCCOC1CCc2c(c(O)c3ccccc3c2O)C1. The number of fused-ring (bicyclic) bond motifs is 2. The van der Waals surface area contributed by atoms with Gasteiger partial charge in [0, 0.05) is 34.9 Å². The van der Waals surface area contributed by atoms with Crippen molar-refractivity contribution in [1.82, 2.24) is 0 Å². The van der Waals surface area contributed by atoms with Crippen LogP contribution in [0.3, 0.4) is 0 Å². The van der Waals surface area contributed by atoms with Crippen LogP contribution in [0.5, 0.6) is 11.5 Å². The van der Waals surface area contributed by atoms with E-state index < -0.39 is 0 Å². The third-order valence-corrected chi connectivity index (χ3v) is 4.08. The topological polar surface area (TPSA) is 49.7 Å². The first kappa shape index (κ1) is 13.3. The largest absolute Gasteiger partial charge is 0.507 e. The van der Waals surface area contributed by atoms with Gasteiger partial charge in [-0.2, -0.15) is 0 Å². The first-order valence-electron chi connectivity index (χ1n) is 7.28. The summed E-state index contributed by atoms with van der Waals surface area (Å²) in [6.45, 7) is 2.84. The summed E-state index contributed by atoms with van der Waals surface area (Å²) in [7, 11) is 0. The van der Waals surface area contributed by atoms with E-state index in [1.54, 1.807) is 0 Å². The smallest absolute Gasteiger partial charge is 0.127 e. The number of rotatable bonds is 3. The van der Waals surface area contributed by atoms with Gasteiger partial charge in [0.2, 0.25) is 0 Å². The minimum Gasteiger partial charge on any atom is -0.507 e. The minimum absolute atomic E-state index is 0.147. The molecule has 3 rings (SSSR count). The Morgan fingerprint density at radius 2 is 1.75 bits per heavy atom. The molecular formula is C17H20O3. The number of hydrogen-bond acceptors (Lipinski definition) is 3. The van der Waals surface area contributed by atoms with Crippen molar-refractivity contribution in [2.24, 2.45) is 0 Å². The summed E-state index contributed by atoms with van der Waals surface area (Å²) < 4.78 is 5.80. The van der Waals surface area contributed by atoms with Gasteiger partial charge >= 0.3 is 0 Å². The molecule has 106 valence electrons. The van der Waals surface area contributed by atoms with Crippen molar-refractivity contribution in [2.75, 3.05) is 6.61 Å². The van der Waals surface area contributed by atoms with E-state index in [2.05, 4.69) is 6.92 Å². The Morgan fingerprint density at radius 3 is 2.40 bits per heavy atom. The molecule has 0 amide bonds. The highest BCUT2D eigenvalue weighted by Crippen LogP contribution is 2.43. The summed E-state index contributed by atoms with van der Waals surface area (Å²) in [6.07, 6.45) is 3.48. The molecule has 0 heterocycles. The molecule has 0 spiro atoms. The summed E-state index contributed by atoms with van der Waals surface area (Å²) in [5.74, 6) is 0.625. The molecule has 1 unspecified atom stereocenters. The molecule has 1 aliphatic carbocycles. The average molecular weight is 272 g/mol. The van der Waals surface area contributed by atoms with Crippen LogP contribution in [-0.2, 0) is 17.6 Å². The lowest BCUT2D eigenvalue weighted by molar-refractivity contribution is 0.0440. The number of aromatic hydroxyl groups is 2. The first-order valence-corrected chi connectivity index (χ1v) is 7.28. The van der Waals surface area contributed by atoms with Gasteiger partial charge in [0.25, 0.3) is 0 Å². The van der Waals surface area contributed by atoms with Crippen LogP contribution >= 0.6 is 0 Å². The summed E-state index contributed by atoms with van der Waals surface area (Å²) in [6, 6.07) is 7.46. The van der Waals surface area contributed by atoms with E-state index in [1.807, 2.05) is 24.3 Å². The normalized spacial score (nSPS) is 18.1. The van der Waals surface area contributed by atoms with Gasteiger partial charge in [0.05, 0.1) is 6.10 Å². The van der Waals surface area contributed by atoms with E-state index in [-0.39, 0.29) is 6.10 Å². The zero-order valence-corrected chi connectivity index (χ0v) is 11.7. The molecule has 2 aromatic rings. The maximum Gasteiger partial charge on any atom is 0.127 e. The van der Waals surface area contributed by atoms with Crippen molar-refractivity contribution in [2.45, 2.75) is 38.7 Å². The van der Waals surface area contributed by atoms with Gasteiger partial charge in [0.1, 0.15) is 11.5 Å². The van der Waals surface area contributed by atoms with E-state index in [9.17, 15) is 10.2 Å². The quantitative estimate of drug-likeness (QED) is 0.840. The number of benzene rings is 2. The molecule has 1 atom stereocenters. The molecule has 0 saturated heterocycles. The van der Waals surface area contributed by atoms with E-state index in [4.69, 9.17) is 4.74 Å². The van der Waals surface area contributed by atoms with Crippen molar-refractivity contribution >= 4 is 10.8 Å². The van der Waals surface area contributed by atoms with Gasteiger partial charge in [-0.15, -0.1) is 0 Å². The maximum absolute atomic E-state index is 10.5. The second-order valence-electron chi connectivity index (χ2n) is 5.44. The second-order valence-corrected chi connectivity index (χ2v) is 5.44. The Hall–Kier alpha value is -1.74. The van der Waals surface area contributed by atoms with Crippen LogP contribution in [0.1, 0.15) is 30.9 Å². The van der Waals surface area contributed by atoms with Crippen LogP contribution in [0.4, 0.5) is 0 Å². The van der Waals surface area contributed by atoms with Gasteiger partial charge in [-0.3, -0.25) is 0 Å². The highest BCUT2D eigenvalue weighted by Gasteiger charge is 2.26. The molecule has 1 aliphatic rings. The lowest BCUT2D eigenvalue weighted by Crippen LogP contribution is -2.23. The molecule has 0 aromatic heterocycles. The molecular weight excluding hydrogens is 252 g/mol. The Kier molecular flexibility index (Phi) is 3.53. The van der Waals surface area contributed by atoms with Crippen LogP contribution < -0.4 is 0 Å². The Bertz CT molecular complexity index is 634. The molecule has 3 nitrogen and oxygen atoms in total. The maximum atomic E-state index is 10.5. The summed E-state index contributed by atoms with van der Waals surface area (Å²) in [5, 5.41) is 22.4. The van der Waals surface area contributed by atoms with Crippen molar-refractivity contribution in [3.8, 4) is 11.5 Å². The number of hydrogen-bond donors (Lipinski definition) is 2. The van der Waals surface area contributed by atoms with E-state index in [0.29, 0.717) is 17.9 Å². The molecule has 2 N–H and O–H groups in total. The van der Waals surface area contributed by atoms with Gasteiger partial charge in [-0.1, -0.05) is 31.2 Å². The molecule has 0 aliphatic heterocycles. The highest BCUT2D eigenvalue weighted by molar-refractivity contribution is 5.95. The average Bonchev–Trinajstić information content (AvgIpc) is 2.50. The predicted octanol–water partition coefficient (Wildman–Crippen LogP) is 3.53. The van der Waals surface area contributed by atoms with Gasteiger partial charge in [-0.25, -0.2) is 0 Å². The molecule has 0 radical (unpaired) electrons. The number of phenolic OH excluding ortho intramolecular Hbond substituents is 2. The first-order chi connectivity index (χ1) is 9.72.